The van der Waals surface area contributed by atoms with Gasteiger partial charge in [0.15, 0.2) is 5.69 Å². The SMILES string of the molecule is CC.N#CP.O=C(NCC1(O)CCNCC1)c1cc(NC(=O)c2cc(-c3ccccn3)c(Cl)cc2Cl)n(-c2ccccc2)n1. The number of pyridine rings is 1. The van der Waals surface area contributed by atoms with Crippen molar-refractivity contribution in [2.24, 2.45) is 0 Å². The molecule has 1 fully saturated rings. The molecule has 10 nitrogen and oxygen atoms in total. The van der Waals surface area contributed by atoms with E-state index in [1.165, 1.54) is 16.8 Å². The van der Waals surface area contributed by atoms with Crippen molar-refractivity contribution in [3.63, 3.8) is 0 Å². The molecular formula is C31H34Cl2N7O3P. The summed E-state index contributed by atoms with van der Waals surface area (Å²) in [5, 5.41) is 31.8. The number of rotatable bonds is 7. The van der Waals surface area contributed by atoms with E-state index in [-0.39, 0.29) is 28.6 Å². The number of halogens is 2. The number of amides is 2. The Labute approximate surface area is 269 Å². The van der Waals surface area contributed by atoms with Crippen molar-refractivity contribution in [1.82, 2.24) is 25.4 Å². The molecule has 44 heavy (non-hydrogen) atoms. The van der Waals surface area contributed by atoms with Crippen LogP contribution in [0, 0.1) is 11.1 Å². The van der Waals surface area contributed by atoms with Gasteiger partial charge in [0, 0.05) is 24.4 Å². The molecule has 2 aromatic heterocycles. The monoisotopic (exact) mass is 653 g/mol. The van der Waals surface area contributed by atoms with Crippen molar-refractivity contribution in [3.8, 4) is 22.8 Å². The summed E-state index contributed by atoms with van der Waals surface area (Å²) in [6.45, 7) is 5.46. The number of aromatic nitrogens is 3. The third-order valence-electron chi connectivity index (χ3n) is 6.54. The third kappa shape index (κ3) is 9.08. The molecule has 1 atom stereocenters. The minimum atomic E-state index is -0.976. The van der Waals surface area contributed by atoms with Crippen LogP contribution in [0.15, 0.2) is 72.9 Å². The average molecular weight is 655 g/mol. The van der Waals surface area contributed by atoms with Crippen LogP contribution in [-0.2, 0) is 0 Å². The number of hydrogen-bond donors (Lipinski definition) is 4. The van der Waals surface area contributed by atoms with Crippen LogP contribution in [0.5, 0.6) is 0 Å². The number of benzene rings is 2. The fraction of sp³-hybridized carbons (Fsp3) is 0.258. The summed E-state index contributed by atoms with van der Waals surface area (Å²) in [5.74, 6) is 0.957. The van der Waals surface area contributed by atoms with Crippen LogP contribution in [0.25, 0.3) is 16.9 Å². The molecule has 0 saturated carbocycles. The fourth-order valence-electron chi connectivity index (χ4n) is 4.38. The molecule has 1 unspecified atom stereocenters. The lowest BCUT2D eigenvalue weighted by Gasteiger charge is -2.32. The molecule has 4 N–H and O–H groups in total. The Morgan fingerprint density at radius 3 is 2.34 bits per heavy atom. The van der Waals surface area contributed by atoms with E-state index in [4.69, 9.17) is 28.5 Å². The fourth-order valence-corrected chi connectivity index (χ4v) is 4.94. The molecule has 1 saturated heterocycles. The van der Waals surface area contributed by atoms with Gasteiger partial charge in [-0.2, -0.15) is 10.4 Å². The Morgan fingerprint density at radius 1 is 1.05 bits per heavy atom. The van der Waals surface area contributed by atoms with Crippen molar-refractivity contribution in [1.29, 1.82) is 5.26 Å². The molecule has 13 heteroatoms. The standard InChI is InChI=1S/C28H26Cl2N6O3.C2H6.CH2NP/c29-21-15-22(30)20(14-19(21)23-8-4-5-11-32-23)26(37)34-25-16-24(35-36(25)18-6-2-1-3-7-18)27(38)33-17-28(39)9-12-31-13-10-28;1-2;2-1-3/h1-8,11,14-16,31,39H,9-10,12-13,17H2,(H,33,38)(H,34,37);1-2H3;3H2. The molecule has 0 bridgehead atoms. The minimum Gasteiger partial charge on any atom is -0.388 e. The zero-order valence-electron chi connectivity index (χ0n) is 24.3. The van der Waals surface area contributed by atoms with Crippen LogP contribution >= 0.6 is 32.4 Å². The van der Waals surface area contributed by atoms with Crippen LogP contribution in [0.1, 0.15) is 47.5 Å². The smallest absolute Gasteiger partial charge is 0.271 e. The van der Waals surface area contributed by atoms with Gasteiger partial charge in [-0.15, -0.1) is 0 Å². The van der Waals surface area contributed by atoms with E-state index >= 15 is 0 Å². The van der Waals surface area contributed by atoms with Gasteiger partial charge in [-0.25, -0.2) is 4.68 Å². The Morgan fingerprint density at radius 2 is 1.70 bits per heavy atom. The molecule has 5 rings (SSSR count). The molecule has 3 heterocycles. The van der Waals surface area contributed by atoms with Crippen molar-refractivity contribution in [3.05, 3.63) is 94.2 Å². The molecule has 4 aromatic rings. The molecule has 230 valence electrons. The predicted octanol–water partition coefficient (Wildman–Crippen LogP) is 5.71. The largest absolute Gasteiger partial charge is 0.388 e. The van der Waals surface area contributed by atoms with E-state index in [1.54, 1.807) is 42.3 Å². The lowest BCUT2D eigenvalue weighted by atomic mass is 9.92. The highest BCUT2D eigenvalue weighted by Crippen LogP contribution is 2.32. The van der Waals surface area contributed by atoms with E-state index in [9.17, 15) is 14.7 Å². The normalized spacial score (nSPS) is 13.2. The maximum Gasteiger partial charge on any atom is 0.271 e. The first kappa shape index (κ1) is 34.6. The molecule has 0 spiro atoms. The topological polar surface area (TPSA) is 145 Å². The summed E-state index contributed by atoms with van der Waals surface area (Å²) in [6, 6.07) is 19.1. The van der Waals surface area contributed by atoms with Crippen LogP contribution in [-0.4, -0.2) is 56.9 Å². The van der Waals surface area contributed by atoms with Crippen LogP contribution in [0.2, 0.25) is 10.0 Å². The first-order valence-corrected chi connectivity index (χ1v) is 15.3. The number of carbonyl (C=O) groups is 2. The van der Waals surface area contributed by atoms with Crippen molar-refractivity contribution in [2.75, 3.05) is 25.0 Å². The van der Waals surface area contributed by atoms with Crippen molar-refractivity contribution >= 4 is 50.1 Å². The summed E-state index contributed by atoms with van der Waals surface area (Å²) in [7, 11) is 1.88. The van der Waals surface area contributed by atoms with Gasteiger partial charge >= 0.3 is 0 Å². The van der Waals surface area contributed by atoms with Crippen molar-refractivity contribution in [2.45, 2.75) is 32.3 Å². The maximum absolute atomic E-state index is 13.4. The second kappa shape index (κ2) is 16.9. The molecular weight excluding hydrogens is 620 g/mol. The van der Waals surface area contributed by atoms with Crippen LogP contribution in [0.3, 0.4) is 0 Å². The second-order valence-electron chi connectivity index (χ2n) is 9.43. The Hall–Kier alpha value is -3.84. The van der Waals surface area contributed by atoms with E-state index in [0.29, 0.717) is 47.9 Å². The maximum atomic E-state index is 13.4. The molecule has 0 aliphatic carbocycles. The molecule has 2 aromatic carbocycles. The second-order valence-corrected chi connectivity index (χ2v) is 10.5. The number of nitriles is 1. The van der Waals surface area contributed by atoms with Gasteiger partial charge in [-0.1, -0.05) is 61.3 Å². The van der Waals surface area contributed by atoms with Gasteiger partial charge in [-0.05, 0) is 71.6 Å². The summed E-state index contributed by atoms with van der Waals surface area (Å²) in [6.07, 6.45) is 2.71. The summed E-state index contributed by atoms with van der Waals surface area (Å²) in [5.41, 5.74) is 1.08. The van der Waals surface area contributed by atoms with E-state index in [1.807, 2.05) is 47.4 Å². The van der Waals surface area contributed by atoms with Crippen molar-refractivity contribution < 1.29 is 14.7 Å². The van der Waals surface area contributed by atoms with Gasteiger partial charge in [0.2, 0.25) is 0 Å². The summed E-state index contributed by atoms with van der Waals surface area (Å²) < 4.78 is 1.47. The highest BCUT2D eigenvalue weighted by Gasteiger charge is 2.30. The lowest BCUT2D eigenvalue weighted by molar-refractivity contribution is 0.0112. The predicted molar refractivity (Wildman–Crippen MR) is 177 cm³/mol. The van der Waals surface area contributed by atoms with Crippen LogP contribution < -0.4 is 16.0 Å². The van der Waals surface area contributed by atoms with Gasteiger partial charge in [0.1, 0.15) is 5.82 Å². The Bertz CT molecular complexity index is 1590. The van der Waals surface area contributed by atoms with Gasteiger partial charge < -0.3 is 21.1 Å². The number of aliphatic hydroxyl groups is 1. The Balaban J connectivity index is 0.000000997. The molecule has 0 radical (unpaired) electrons. The Kier molecular flexibility index (Phi) is 13.3. The number of hydrogen-bond acceptors (Lipinski definition) is 7. The van der Waals surface area contributed by atoms with E-state index < -0.39 is 17.4 Å². The van der Waals surface area contributed by atoms with Gasteiger partial charge in [0.25, 0.3) is 11.8 Å². The van der Waals surface area contributed by atoms with E-state index in [0.717, 1.165) is 0 Å². The number of nitrogens with one attached hydrogen (secondary N) is 3. The zero-order chi connectivity index (χ0) is 32.1. The number of para-hydroxylation sites is 1. The minimum absolute atomic E-state index is 0.0862. The quantitative estimate of drug-likeness (QED) is 0.187. The van der Waals surface area contributed by atoms with Gasteiger partial charge in [-0.3, -0.25) is 14.6 Å². The molecule has 2 amide bonds. The molecule has 1 aliphatic heterocycles. The first-order valence-electron chi connectivity index (χ1n) is 13.9. The average Bonchev–Trinajstić information content (AvgIpc) is 3.46. The third-order valence-corrected chi connectivity index (χ3v) is 7.16. The number of carbonyl (C=O) groups excluding carboxylic acids is 2. The first-order chi connectivity index (χ1) is 21.2. The number of anilines is 1. The number of nitrogens with zero attached hydrogens (tertiary/aromatic N) is 4. The van der Waals surface area contributed by atoms with Gasteiger partial charge in [0.05, 0.1) is 38.4 Å². The molecule has 1 aliphatic rings. The summed E-state index contributed by atoms with van der Waals surface area (Å²) in [4.78, 5) is 30.8. The highest BCUT2D eigenvalue weighted by molar-refractivity contribution is 7.23. The zero-order valence-corrected chi connectivity index (χ0v) is 27.0. The number of piperidine rings is 1. The highest BCUT2D eigenvalue weighted by atomic mass is 35.5. The van der Waals surface area contributed by atoms with Crippen LogP contribution in [0.4, 0.5) is 5.82 Å². The lowest BCUT2D eigenvalue weighted by Crippen LogP contribution is -2.49. The van der Waals surface area contributed by atoms with E-state index in [2.05, 4.69) is 26.0 Å². The summed E-state index contributed by atoms with van der Waals surface area (Å²) >= 11 is 12.8.